The van der Waals surface area contributed by atoms with Gasteiger partial charge in [0.05, 0.1) is 24.1 Å². The Bertz CT molecular complexity index is 151. The van der Waals surface area contributed by atoms with Crippen LogP contribution < -0.4 is 0 Å². The fourth-order valence-corrected chi connectivity index (χ4v) is 2.98. The number of aliphatic hydroxyl groups is 1. The van der Waals surface area contributed by atoms with Gasteiger partial charge in [-0.3, -0.25) is 0 Å². The molecule has 0 aromatic rings. The van der Waals surface area contributed by atoms with Crippen LogP contribution in [-0.4, -0.2) is 34.9 Å². The quantitative estimate of drug-likeness (QED) is 0.726. The molecule has 0 unspecified atom stereocenters. The van der Waals surface area contributed by atoms with E-state index in [0.29, 0.717) is 5.25 Å². The highest BCUT2D eigenvalue weighted by Crippen LogP contribution is 2.34. The van der Waals surface area contributed by atoms with E-state index in [1.54, 1.807) is 0 Å². The van der Waals surface area contributed by atoms with E-state index < -0.39 is 0 Å². The van der Waals surface area contributed by atoms with Crippen molar-refractivity contribution < 1.29 is 9.84 Å². The van der Waals surface area contributed by atoms with Gasteiger partial charge in [0, 0.05) is 5.75 Å². The summed E-state index contributed by atoms with van der Waals surface area (Å²) in [5.74, 6) is 0.918. The largest absolute Gasteiger partial charge is 0.389 e. The highest BCUT2D eigenvalue weighted by molar-refractivity contribution is 8.00. The van der Waals surface area contributed by atoms with Crippen LogP contribution in [0.1, 0.15) is 25.7 Å². The lowest BCUT2D eigenvalue weighted by Gasteiger charge is -2.29. The monoisotopic (exact) mass is 188 g/mol. The molecule has 0 bridgehead atoms. The third-order valence-electron chi connectivity index (χ3n) is 2.73. The minimum Gasteiger partial charge on any atom is -0.389 e. The molecule has 0 amide bonds. The number of rotatable bonds is 3. The number of thioether (sulfide) groups is 1. The molecule has 0 atom stereocenters. The Hall–Kier alpha value is 0.270. The molecule has 0 aromatic heterocycles. The van der Waals surface area contributed by atoms with Crippen LogP contribution in [0.3, 0.4) is 0 Å². The van der Waals surface area contributed by atoms with Gasteiger partial charge in [-0.15, -0.1) is 0 Å². The molecule has 0 aromatic carbocycles. The predicted octanol–water partition coefficient (Wildman–Crippen LogP) is 1.42. The molecule has 2 nitrogen and oxygen atoms in total. The minimum absolute atomic E-state index is 0.333. The average Bonchev–Trinajstić information content (AvgIpc) is 2.33. The second-order valence-corrected chi connectivity index (χ2v) is 5.19. The molecule has 1 saturated carbocycles. The second kappa shape index (κ2) is 3.56. The molecule has 70 valence electrons. The second-order valence-electron chi connectivity index (χ2n) is 3.90. The van der Waals surface area contributed by atoms with Crippen LogP contribution in [0.25, 0.3) is 0 Å². The molecule has 1 N–H and O–H groups in total. The molecule has 1 saturated heterocycles. The Balaban J connectivity index is 1.70. The standard InChI is InChI=1S/C9H16O2S/c10-9(3-1-2-4-9)7-12-8-5-11-6-8/h8,10H,1-7H2. The van der Waals surface area contributed by atoms with Gasteiger partial charge < -0.3 is 9.84 Å². The zero-order valence-electron chi connectivity index (χ0n) is 7.29. The highest BCUT2D eigenvalue weighted by Gasteiger charge is 2.32. The first kappa shape index (κ1) is 8.85. The Labute approximate surface area is 77.7 Å². The van der Waals surface area contributed by atoms with E-state index >= 15 is 0 Å². The SMILES string of the molecule is OC1(CSC2COC2)CCCC1. The van der Waals surface area contributed by atoms with Crippen LogP contribution in [0.15, 0.2) is 0 Å². The zero-order valence-corrected chi connectivity index (χ0v) is 8.11. The van der Waals surface area contributed by atoms with E-state index in [2.05, 4.69) is 0 Å². The molecule has 2 rings (SSSR count). The molecular weight excluding hydrogens is 172 g/mol. The summed E-state index contributed by atoms with van der Waals surface area (Å²) in [7, 11) is 0. The summed E-state index contributed by atoms with van der Waals surface area (Å²) in [4.78, 5) is 0. The molecule has 0 radical (unpaired) electrons. The molecule has 1 aliphatic carbocycles. The normalized spacial score (nSPS) is 28.8. The number of hydrogen-bond donors (Lipinski definition) is 1. The Morgan fingerprint density at radius 2 is 2.00 bits per heavy atom. The van der Waals surface area contributed by atoms with Crippen LogP contribution in [0, 0.1) is 0 Å². The van der Waals surface area contributed by atoms with Crippen molar-refractivity contribution in [2.45, 2.75) is 36.5 Å². The third-order valence-corrected chi connectivity index (χ3v) is 4.18. The fourth-order valence-electron chi connectivity index (χ4n) is 1.76. The summed E-state index contributed by atoms with van der Waals surface area (Å²) in [6.07, 6.45) is 4.43. The van der Waals surface area contributed by atoms with E-state index in [0.717, 1.165) is 31.8 Å². The molecule has 12 heavy (non-hydrogen) atoms. The predicted molar refractivity (Wildman–Crippen MR) is 50.5 cm³/mol. The van der Waals surface area contributed by atoms with Crippen molar-refractivity contribution in [3.05, 3.63) is 0 Å². The van der Waals surface area contributed by atoms with Crippen LogP contribution in [-0.2, 0) is 4.74 Å². The smallest absolute Gasteiger partial charge is 0.0737 e. The summed E-state index contributed by atoms with van der Waals surface area (Å²) in [6, 6.07) is 0. The van der Waals surface area contributed by atoms with Crippen LogP contribution >= 0.6 is 11.8 Å². The van der Waals surface area contributed by atoms with Crippen molar-refractivity contribution in [3.63, 3.8) is 0 Å². The first-order valence-corrected chi connectivity index (χ1v) is 5.75. The van der Waals surface area contributed by atoms with Gasteiger partial charge in [0.2, 0.25) is 0 Å². The fraction of sp³-hybridized carbons (Fsp3) is 1.00. The molecular formula is C9H16O2S. The van der Waals surface area contributed by atoms with Crippen molar-refractivity contribution in [3.8, 4) is 0 Å². The van der Waals surface area contributed by atoms with Gasteiger partial charge in [-0.05, 0) is 12.8 Å². The first-order chi connectivity index (χ1) is 5.79. The van der Waals surface area contributed by atoms with Crippen molar-refractivity contribution in [1.29, 1.82) is 0 Å². The zero-order chi connectivity index (χ0) is 8.44. The van der Waals surface area contributed by atoms with Gasteiger partial charge in [0.1, 0.15) is 0 Å². The van der Waals surface area contributed by atoms with Crippen LogP contribution in [0.2, 0.25) is 0 Å². The number of hydrogen-bond acceptors (Lipinski definition) is 3. The van der Waals surface area contributed by atoms with Gasteiger partial charge in [-0.1, -0.05) is 12.8 Å². The first-order valence-electron chi connectivity index (χ1n) is 4.70. The molecule has 2 aliphatic rings. The van der Waals surface area contributed by atoms with Gasteiger partial charge >= 0.3 is 0 Å². The maximum atomic E-state index is 10.00. The topological polar surface area (TPSA) is 29.5 Å². The maximum absolute atomic E-state index is 10.00. The third kappa shape index (κ3) is 1.95. The molecule has 0 spiro atoms. The lowest BCUT2D eigenvalue weighted by Crippen LogP contribution is -2.35. The summed E-state index contributed by atoms with van der Waals surface area (Å²) < 4.78 is 5.08. The van der Waals surface area contributed by atoms with Gasteiger partial charge in [-0.25, -0.2) is 0 Å². The summed E-state index contributed by atoms with van der Waals surface area (Å²) in [5, 5.41) is 10.7. The van der Waals surface area contributed by atoms with Crippen molar-refractivity contribution in [2.24, 2.45) is 0 Å². The van der Waals surface area contributed by atoms with Gasteiger partial charge in [0.25, 0.3) is 0 Å². The average molecular weight is 188 g/mol. The van der Waals surface area contributed by atoms with Gasteiger partial charge in [0.15, 0.2) is 0 Å². The Kier molecular flexibility index (Phi) is 2.63. The highest BCUT2D eigenvalue weighted by atomic mass is 32.2. The van der Waals surface area contributed by atoms with Gasteiger partial charge in [-0.2, -0.15) is 11.8 Å². The van der Waals surface area contributed by atoms with E-state index in [4.69, 9.17) is 4.74 Å². The van der Waals surface area contributed by atoms with Crippen molar-refractivity contribution in [1.82, 2.24) is 0 Å². The van der Waals surface area contributed by atoms with E-state index in [-0.39, 0.29) is 5.60 Å². The summed E-state index contributed by atoms with van der Waals surface area (Å²) in [6.45, 7) is 1.78. The number of ether oxygens (including phenoxy) is 1. The van der Waals surface area contributed by atoms with Crippen LogP contribution in [0.4, 0.5) is 0 Å². The lowest BCUT2D eigenvalue weighted by molar-refractivity contribution is 0.0432. The Morgan fingerprint density at radius 1 is 1.33 bits per heavy atom. The summed E-state index contributed by atoms with van der Waals surface area (Å²) in [5.41, 5.74) is -0.333. The molecule has 1 aliphatic heterocycles. The molecule has 1 heterocycles. The van der Waals surface area contributed by atoms with Crippen LogP contribution in [0.5, 0.6) is 0 Å². The lowest BCUT2D eigenvalue weighted by atomic mass is 10.1. The van der Waals surface area contributed by atoms with E-state index in [1.807, 2.05) is 11.8 Å². The summed E-state index contributed by atoms with van der Waals surface area (Å²) >= 11 is 1.88. The Morgan fingerprint density at radius 3 is 2.50 bits per heavy atom. The minimum atomic E-state index is -0.333. The van der Waals surface area contributed by atoms with E-state index in [1.165, 1.54) is 12.8 Å². The molecule has 2 fully saturated rings. The van der Waals surface area contributed by atoms with Crippen molar-refractivity contribution >= 4 is 11.8 Å². The van der Waals surface area contributed by atoms with E-state index in [9.17, 15) is 5.11 Å². The maximum Gasteiger partial charge on any atom is 0.0737 e. The molecule has 3 heteroatoms. The van der Waals surface area contributed by atoms with Crippen molar-refractivity contribution in [2.75, 3.05) is 19.0 Å².